The lowest BCUT2D eigenvalue weighted by molar-refractivity contribution is -0.108. The van der Waals surface area contributed by atoms with Gasteiger partial charge in [0.1, 0.15) is 6.29 Å². The predicted molar refractivity (Wildman–Crippen MR) is 83.4 cm³/mol. The van der Waals surface area contributed by atoms with E-state index >= 15 is 0 Å². The van der Waals surface area contributed by atoms with Crippen molar-refractivity contribution in [2.45, 2.75) is 5.92 Å². The molecule has 1 aromatic heterocycles. The summed E-state index contributed by atoms with van der Waals surface area (Å²) in [6.07, 6.45) is 3.47. The van der Waals surface area contributed by atoms with Crippen LogP contribution in [0.3, 0.4) is 0 Å². The first-order chi connectivity index (χ1) is 10.5. The van der Waals surface area contributed by atoms with Gasteiger partial charge < -0.3 is 19.4 Å². The summed E-state index contributed by atoms with van der Waals surface area (Å²) in [7, 11) is 2.80. The van der Waals surface area contributed by atoms with Crippen molar-refractivity contribution in [1.82, 2.24) is 4.98 Å². The van der Waals surface area contributed by atoms with Crippen molar-refractivity contribution in [3.8, 4) is 17.2 Å². The molecule has 0 bridgehead atoms. The third-order valence-electron chi connectivity index (χ3n) is 3.22. The van der Waals surface area contributed by atoms with Gasteiger partial charge in [-0.25, -0.2) is 0 Å². The van der Waals surface area contributed by atoms with E-state index in [1.807, 2.05) is 0 Å². The number of halogens is 2. The number of rotatable bonds is 5. The maximum absolute atomic E-state index is 11.6. The van der Waals surface area contributed by atoms with Crippen molar-refractivity contribution in [2.75, 3.05) is 14.2 Å². The lowest BCUT2D eigenvalue weighted by atomic mass is 9.92. The fraction of sp³-hybridized carbons (Fsp3) is 0.200. The normalized spacial score (nSPS) is 11.8. The second kappa shape index (κ2) is 6.85. The Hall–Kier alpha value is -1.98. The fourth-order valence-electron chi connectivity index (χ4n) is 2.21. The summed E-state index contributed by atoms with van der Waals surface area (Å²) in [6, 6.07) is 3.15. The standard InChI is InChI=1S/C15H13Cl2NO4/c1-21-12-4-3-8(15(22-2)14(12)20)9(7-19)13-10(16)5-18-6-11(13)17/h3-7,9,20H,1-2H3. The fourth-order valence-corrected chi connectivity index (χ4v) is 2.81. The van der Waals surface area contributed by atoms with Crippen molar-refractivity contribution in [2.24, 2.45) is 0 Å². The zero-order chi connectivity index (χ0) is 16.3. The number of hydrogen-bond acceptors (Lipinski definition) is 5. The van der Waals surface area contributed by atoms with E-state index < -0.39 is 5.92 Å². The molecule has 0 aliphatic rings. The van der Waals surface area contributed by atoms with Crippen molar-refractivity contribution in [1.29, 1.82) is 0 Å². The van der Waals surface area contributed by atoms with Gasteiger partial charge in [0, 0.05) is 23.5 Å². The maximum atomic E-state index is 11.6. The number of aldehydes is 1. The highest BCUT2D eigenvalue weighted by Crippen LogP contribution is 2.44. The molecule has 1 atom stereocenters. The van der Waals surface area contributed by atoms with Gasteiger partial charge >= 0.3 is 0 Å². The van der Waals surface area contributed by atoms with E-state index in [1.54, 1.807) is 6.07 Å². The molecule has 1 aromatic carbocycles. The quantitative estimate of drug-likeness (QED) is 0.843. The van der Waals surface area contributed by atoms with Gasteiger partial charge in [-0.2, -0.15) is 0 Å². The molecule has 0 saturated heterocycles. The number of carbonyl (C=O) groups excluding carboxylic acids is 1. The summed E-state index contributed by atoms with van der Waals surface area (Å²) >= 11 is 12.2. The Bertz CT molecular complexity index is 686. The number of benzene rings is 1. The van der Waals surface area contributed by atoms with Gasteiger partial charge in [-0.3, -0.25) is 4.98 Å². The van der Waals surface area contributed by atoms with Gasteiger partial charge in [-0.1, -0.05) is 29.3 Å². The minimum Gasteiger partial charge on any atom is -0.502 e. The minimum atomic E-state index is -0.810. The summed E-state index contributed by atoms with van der Waals surface area (Å²) in [5.41, 5.74) is 0.821. The first-order valence-electron chi connectivity index (χ1n) is 6.23. The zero-order valence-electron chi connectivity index (χ0n) is 11.8. The lowest BCUT2D eigenvalue weighted by Gasteiger charge is -2.19. The van der Waals surface area contributed by atoms with Crippen molar-refractivity contribution in [3.05, 3.63) is 45.7 Å². The number of carbonyl (C=O) groups is 1. The van der Waals surface area contributed by atoms with E-state index in [0.29, 0.717) is 17.4 Å². The Morgan fingerprint density at radius 2 is 1.82 bits per heavy atom. The van der Waals surface area contributed by atoms with Gasteiger partial charge in [0.15, 0.2) is 11.5 Å². The zero-order valence-corrected chi connectivity index (χ0v) is 13.4. The second-order valence-corrected chi connectivity index (χ2v) is 5.18. The molecule has 5 nitrogen and oxygen atoms in total. The smallest absolute Gasteiger partial charge is 0.201 e. The topological polar surface area (TPSA) is 68.7 Å². The molecule has 2 rings (SSSR count). The molecule has 7 heteroatoms. The van der Waals surface area contributed by atoms with Crippen molar-refractivity contribution >= 4 is 29.5 Å². The summed E-state index contributed by atoms with van der Waals surface area (Å²) in [6.45, 7) is 0. The van der Waals surface area contributed by atoms with Crippen LogP contribution in [0.25, 0.3) is 0 Å². The molecular formula is C15H13Cl2NO4. The van der Waals surface area contributed by atoms with E-state index in [2.05, 4.69) is 4.98 Å². The van der Waals surface area contributed by atoms with Gasteiger partial charge in [-0.15, -0.1) is 0 Å². The monoisotopic (exact) mass is 341 g/mol. The Labute approximate surface area is 137 Å². The van der Waals surface area contributed by atoms with Crippen molar-refractivity contribution in [3.63, 3.8) is 0 Å². The summed E-state index contributed by atoms with van der Waals surface area (Å²) in [4.78, 5) is 15.5. The van der Waals surface area contributed by atoms with E-state index in [9.17, 15) is 9.90 Å². The molecule has 0 amide bonds. The first-order valence-corrected chi connectivity index (χ1v) is 6.98. The highest BCUT2D eigenvalue weighted by molar-refractivity contribution is 6.36. The van der Waals surface area contributed by atoms with E-state index in [1.165, 1.54) is 32.7 Å². The average Bonchev–Trinajstić information content (AvgIpc) is 2.51. The number of ether oxygens (including phenoxy) is 2. The molecule has 1 N–H and O–H groups in total. The number of phenols is 1. The summed E-state index contributed by atoms with van der Waals surface area (Å²) in [5.74, 6) is -0.650. The molecule has 116 valence electrons. The SMILES string of the molecule is COc1ccc(C(C=O)c2c(Cl)cncc2Cl)c(OC)c1O. The van der Waals surface area contributed by atoms with Gasteiger partial charge in [0.25, 0.3) is 0 Å². The third kappa shape index (κ3) is 2.82. The van der Waals surface area contributed by atoms with Gasteiger partial charge in [-0.05, 0) is 6.07 Å². The number of aromatic nitrogens is 1. The number of aromatic hydroxyl groups is 1. The van der Waals surface area contributed by atoms with Crippen LogP contribution in [0, 0.1) is 0 Å². The number of hydrogen-bond donors (Lipinski definition) is 1. The largest absolute Gasteiger partial charge is 0.502 e. The molecule has 0 fully saturated rings. The molecule has 0 spiro atoms. The minimum absolute atomic E-state index is 0.125. The van der Waals surface area contributed by atoms with Gasteiger partial charge in [0.2, 0.25) is 5.75 Å². The van der Waals surface area contributed by atoms with Crippen LogP contribution < -0.4 is 9.47 Å². The summed E-state index contributed by atoms with van der Waals surface area (Å²) in [5, 5.41) is 10.7. The molecule has 2 aromatic rings. The van der Waals surface area contributed by atoms with E-state index in [4.69, 9.17) is 32.7 Å². The number of pyridine rings is 1. The number of phenolic OH excluding ortho intramolecular Hbond substituents is 1. The second-order valence-electron chi connectivity index (χ2n) is 4.37. The highest BCUT2D eigenvalue weighted by atomic mass is 35.5. The Morgan fingerprint density at radius 1 is 1.18 bits per heavy atom. The lowest BCUT2D eigenvalue weighted by Crippen LogP contribution is -2.07. The van der Waals surface area contributed by atoms with E-state index in [0.717, 1.165) is 0 Å². The average molecular weight is 342 g/mol. The maximum Gasteiger partial charge on any atom is 0.201 e. The van der Waals surface area contributed by atoms with Crippen LogP contribution in [0.15, 0.2) is 24.5 Å². The molecule has 22 heavy (non-hydrogen) atoms. The van der Waals surface area contributed by atoms with Crippen molar-refractivity contribution < 1.29 is 19.4 Å². The molecule has 0 aliphatic carbocycles. The van der Waals surface area contributed by atoms with Crippen LogP contribution in [0.2, 0.25) is 10.0 Å². The Balaban J connectivity index is 2.67. The Morgan fingerprint density at radius 3 is 2.32 bits per heavy atom. The molecule has 1 unspecified atom stereocenters. The predicted octanol–water partition coefficient (Wildman–Crippen LogP) is 3.44. The Kier molecular flexibility index (Phi) is 5.11. The number of nitrogens with zero attached hydrogens (tertiary/aromatic N) is 1. The summed E-state index contributed by atoms with van der Waals surface area (Å²) < 4.78 is 10.2. The number of methoxy groups -OCH3 is 2. The molecule has 0 radical (unpaired) electrons. The van der Waals surface area contributed by atoms with Crippen LogP contribution in [-0.4, -0.2) is 30.6 Å². The molecule has 0 saturated carbocycles. The van der Waals surface area contributed by atoms with Crippen LogP contribution >= 0.6 is 23.2 Å². The molecular weight excluding hydrogens is 329 g/mol. The van der Waals surface area contributed by atoms with Gasteiger partial charge in [0.05, 0.1) is 30.2 Å². The van der Waals surface area contributed by atoms with Crippen LogP contribution in [0.5, 0.6) is 17.2 Å². The highest BCUT2D eigenvalue weighted by Gasteiger charge is 2.26. The van der Waals surface area contributed by atoms with Crippen LogP contribution in [-0.2, 0) is 4.79 Å². The molecule has 1 heterocycles. The van der Waals surface area contributed by atoms with Crippen LogP contribution in [0.1, 0.15) is 17.0 Å². The van der Waals surface area contributed by atoms with Crippen LogP contribution in [0.4, 0.5) is 0 Å². The third-order valence-corrected chi connectivity index (χ3v) is 3.82. The first kappa shape index (κ1) is 16.4. The van der Waals surface area contributed by atoms with E-state index in [-0.39, 0.29) is 27.3 Å². The molecule has 0 aliphatic heterocycles.